The number of anilines is 2. The summed E-state index contributed by atoms with van der Waals surface area (Å²) in [5.41, 5.74) is 3.57. The lowest BCUT2D eigenvalue weighted by atomic mass is 10.1. The first-order chi connectivity index (χ1) is 10.7. The fraction of sp³-hybridized carbons (Fsp3) is 0.412. The zero-order chi connectivity index (χ0) is 15.4. The minimum Gasteiger partial charge on any atom is -0.395 e. The van der Waals surface area contributed by atoms with E-state index in [1.165, 1.54) is 24.0 Å². The molecule has 5 nitrogen and oxygen atoms in total. The van der Waals surface area contributed by atoms with Crippen LogP contribution >= 0.6 is 0 Å². The van der Waals surface area contributed by atoms with E-state index in [2.05, 4.69) is 51.8 Å². The SMILES string of the molecule is Cc1ccc(CNc2cc(C3CC3)nc(NCCO)n2)cc1. The summed E-state index contributed by atoms with van der Waals surface area (Å²) in [5, 5.41) is 15.3. The summed E-state index contributed by atoms with van der Waals surface area (Å²) < 4.78 is 0. The lowest BCUT2D eigenvalue weighted by Crippen LogP contribution is -2.11. The summed E-state index contributed by atoms with van der Waals surface area (Å²) in [6.07, 6.45) is 2.40. The van der Waals surface area contributed by atoms with E-state index >= 15 is 0 Å². The number of rotatable bonds is 7. The van der Waals surface area contributed by atoms with Crippen LogP contribution in [0.3, 0.4) is 0 Å². The summed E-state index contributed by atoms with van der Waals surface area (Å²) >= 11 is 0. The average molecular weight is 298 g/mol. The highest BCUT2D eigenvalue weighted by Crippen LogP contribution is 2.39. The van der Waals surface area contributed by atoms with Gasteiger partial charge in [-0.3, -0.25) is 0 Å². The minimum atomic E-state index is 0.0726. The second-order valence-corrected chi connectivity index (χ2v) is 5.77. The molecule has 1 aliphatic rings. The largest absolute Gasteiger partial charge is 0.395 e. The van der Waals surface area contributed by atoms with Gasteiger partial charge in [0.25, 0.3) is 0 Å². The van der Waals surface area contributed by atoms with Crippen molar-refractivity contribution in [2.75, 3.05) is 23.8 Å². The van der Waals surface area contributed by atoms with Crippen molar-refractivity contribution in [3.8, 4) is 0 Å². The van der Waals surface area contributed by atoms with Crippen molar-refractivity contribution < 1.29 is 5.11 Å². The highest BCUT2D eigenvalue weighted by Gasteiger charge is 2.26. The van der Waals surface area contributed by atoms with Crippen molar-refractivity contribution in [3.63, 3.8) is 0 Å². The molecule has 1 fully saturated rings. The Morgan fingerprint density at radius 3 is 2.59 bits per heavy atom. The van der Waals surface area contributed by atoms with E-state index in [4.69, 9.17) is 5.11 Å². The quantitative estimate of drug-likeness (QED) is 0.733. The second kappa shape index (κ2) is 6.75. The fourth-order valence-corrected chi connectivity index (χ4v) is 2.29. The van der Waals surface area contributed by atoms with E-state index in [9.17, 15) is 0 Å². The van der Waals surface area contributed by atoms with Gasteiger partial charge >= 0.3 is 0 Å². The fourth-order valence-electron chi connectivity index (χ4n) is 2.29. The molecular weight excluding hydrogens is 276 g/mol. The van der Waals surface area contributed by atoms with Gasteiger partial charge in [-0.1, -0.05) is 29.8 Å². The molecule has 22 heavy (non-hydrogen) atoms. The molecule has 116 valence electrons. The predicted octanol–water partition coefficient (Wildman–Crippen LogP) is 2.68. The number of benzene rings is 1. The lowest BCUT2D eigenvalue weighted by molar-refractivity contribution is 0.311. The molecule has 5 heteroatoms. The number of aliphatic hydroxyl groups is 1. The molecule has 1 aromatic carbocycles. The Kier molecular flexibility index (Phi) is 4.53. The number of nitrogens with one attached hydrogen (secondary N) is 2. The zero-order valence-electron chi connectivity index (χ0n) is 12.8. The molecule has 2 aromatic rings. The highest BCUT2D eigenvalue weighted by molar-refractivity contribution is 5.44. The Bertz CT molecular complexity index is 623. The Labute approximate surface area is 130 Å². The number of hydrogen-bond acceptors (Lipinski definition) is 5. The maximum atomic E-state index is 8.93. The molecule has 0 radical (unpaired) electrons. The van der Waals surface area contributed by atoms with Crippen molar-refractivity contribution >= 4 is 11.8 Å². The van der Waals surface area contributed by atoms with Crippen LogP contribution in [0.15, 0.2) is 30.3 Å². The number of aromatic nitrogens is 2. The van der Waals surface area contributed by atoms with Gasteiger partial charge in [0, 0.05) is 25.1 Å². The first kappa shape index (κ1) is 14.8. The molecule has 0 amide bonds. The van der Waals surface area contributed by atoms with Crippen molar-refractivity contribution in [2.45, 2.75) is 32.2 Å². The number of aliphatic hydroxyl groups excluding tert-OH is 1. The van der Waals surface area contributed by atoms with Crippen LogP contribution in [0.4, 0.5) is 11.8 Å². The molecule has 1 aromatic heterocycles. The van der Waals surface area contributed by atoms with Gasteiger partial charge in [0.2, 0.25) is 5.95 Å². The van der Waals surface area contributed by atoms with Gasteiger partial charge < -0.3 is 15.7 Å². The Hall–Kier alpha value is -2.14. The maximum absolute atomic E-state index is 8.93. The second-order valence-electron chi connectivity index (χ2n) is 5.77. The third-order valence-electron chi connectivity index (χ3n) is 3.73. The molecule has 0 bridgehead atoms. The summed E-state index contributed by atoms with van der Waals surface area (Å²) in [6, 6.07) is 10.5. The summed E-state index contributed by atoms with van der Waals surface area (Å²) in [7, 11) is 0. The zero-order valence-corrected chi connectivity index (χ0v) is 12.8. The Morgan fingerprint density at radius 2 is 1.91 bits per heavy atom. The van der Waals surface area contributed by atoms with Crippen molar-refractivity contribution in [1.29, 1.82) is 0 Å². The van der Waals surface area contributed by atoms with E-state index in [1.807, 2.05) is 6.07 Å². The van der Waals surface area contributed by atoms with E-state index in [0.29, 0.717) is 18.4 Å². The van der Waals surface area contributed by atoms with Crippen LogP contribution in [-0.2, 0) is 6.54 Å². The van der Waals surface area contributed by atoms with Crippen LogP contribution in [0.1, 0.15) is 35.6 Å². The normalized spacial score (nSPS) is 13.9. The molecule has 0 aliphatic heterocycles. The van der Waals surface area contributed by atoms with Crippen LogP contribution in [0, 0.1) is 6.92 Å². The van der Waals surface area contributed by atoms with Gasteiger partial charge in [-0.2, -0.15) is 4.98 Å². The topological polar surface area (TPSA) is 70.1 Å². The number of hydrogen-bond donors (Lipinski definition) is 3. The van der Waals surface area contributed by atoms with Crippen LogP contribution in [0.5, 0.6) is 0 Å². The van der Waals surface area contributed by atoms with Crippen LogP contribution in [-0.4, -0.2) is 28.2 Å². The molecule has 0 unspecified atom stereocenters. The van der Waals surface area contributed by atoms with E-state index in [1.54, 1.807) is 0 Å². The van der Waals surface area contributed by atoms with Gasteiger partial charge in [0.15, 0.2) is 0 Å². The molecule has 3 N–H and O–H groups in total. The molecular formula is C17H22N4O. The predicted molar refractivity (Wildman–Crippen MR) is 88.1 cm³/mol. The van der Waals surface area contributed by atoms with Crippen LogP contribution in [0.2, 0.25) is 0 Å². The van der Waals surface area contributed by atoms with Crippen LogP contribution < -0.4 is 10.6 Å². The maximum Gasteiger partial charge on any atom is 0.224 e. The molecule has 0 atom stereocenters. The first-order valence-electron chi connectivity index (χ1n) is 7.78. The monoisotopic (exact) mass is 298 g/mol. The van der Waals surface area contributed by atoms with E-state index in [0.717, 1.165) is 18.1 Å². The third kappa shape index (κ3) is 3.95. The van der Waals surface area contributed by atoms with Crippen LogP contribution in [0.25, 0.3) is 0 Å². The molecule has 0 spiro atoms. The number of nitrogens with zero attached hydrogens (tertiary/aromatic N) is 2. The lowest BCUT2D eigenvalue weighted by Gasteiger charge is -2.11. The summed E-state index contributed by atoms with van der Waals surface area (Å²) in [6.45, 7) is 3.36. The van der Waals surface area contributed by atoms with Crippen molar-refractivity contribution in [2.24, 2.45) is 0 Å². The Morgan fingerprint density at radius 1 is 1.14 bits per heavy atom. The molecule has 3 rings (SSSR count). The van der Waals surface area contributed by atoms with Gasteiger partial charge in [-0.05, 0) is 25.3 Å². The van der Waals surface area contributed by atoms with Crippen molar-refractivity contribution in [3.05, 3.63) is 47.2 Å². The standard InChI is InChI=1S/C17H22N4O/c1-12-2-4-13(5-3-12)11-19-16-10-15(14-6-7-14)20-17(21-16)18-8-9-22/h2-5,10,14,22H,6-9,11H2,1H3,(H2,18,19,20,21). The highest BCUT2D eigenvalue weighted by atomic mass is 16.3. The minimum absolute atomic E-state index is 0.0726. The van der Waals surface area contributed by atoms with E-state index in [-0.39, 0.29) is 6.61 Å². The van der Waals surface area contributed by atoms with Crippen molar-refractivity contribution in [1.82, 2.24) is 9.97 Å². The molecule has 1 aliphatic carbocycles. The van der Waals surface area contributed by atoms with E-state index < -0.39 is 0 Å². The van der Waals surface area contributed by atoms with Gasteiger partial charge in [-0.25, -0.2) is 4.98 Å². The molecule has 1 heterocycles. The smallest absolute Gasteiger partial charge is 0.224 e. The average Bonchev–Trinajstić information content (AvgIpc) is 3.37. The van der Waals surface area contributed by atoms with Gasteiger partial charge in [0.05, 0.1) is 12.3 Å². The van der Waals surface area contributed by atoms with Gasteiger partial charge in [0.1, 0.15) is 5.82 Å². The first-order valence-corrected chi connectivity index (χ1v) is 7.78. The van der Waals surface area contributed by atoms with Gasteiger partial charge in [-0.15, -0.1) is 0 Å². The summed E-state index contributed by atoms with van der Waals surface area (Å²) in [5.74, 6) is 1.99. The molecule has 1 saturated carbocycles. The number of aryl methyl sites for hydroxylation is 1. The molecule has 0 saturated heterocycles. The Balaban J connectivity index is 1.70. The third-order valence-corrected chi connectivity index (χ3v) is 3.73. The summed E-state index contributed by atoms with van der Waals surface area (Å²) in [4.78, 5) is 9.00.